The van der Waals surface area contributed by atoms with Crippen LogP contribution in [-0.4, -0.2) is 39.8 Å². The lowest BCUT2D eigenvalue weighted by Gasteiger charge is -2.31. The molecule has 3 N–H and O–H groups in total. The lowest BCUT2D eigenvalue weighted by atomic mass is 9.97. The summed E-state index contributed by atoms with van der Waals surface area (Å²) in [4.78, 5) is 35.1. The maximum absolute atomic E-state index is 12.7. The highest BCUT2D eigenvalue weighted by Crippen LogP contribution is 2.23. The van der Waals surface area contributed by atoms with Crippen LogP contribution in [0.1, 0.15) is 34.0 Å². The largest absolute Gasteiger partial charge is 0.418 e. The molecule has 1 saturated heterocycles. The van der Waals surface area contributed by atoms with Crippen LogP contribution in [-0.2, 0) is 11.3 Å². The third-order valence-electron chi connectivity index (χ3n) is 5.09. The van der Waals surface area contributed by atoms with E-state index < -0.39 is 0 Å². The summed E-state index contributed by atoms with van der Waals surface area (Å²) in [6, 6.07) is 9.24. The van der Waals surface area contributed by atoms with Crippen molar-refractivity contribution in [1.82, 2.24) is 20.2 Å². The van der Waals surface area contributed by atoms with Gasteiger partial charge in [-0.05, 0) is 25.0 Å². The minimum absolute atomic E-state index is 0.0570. The highest BCUT2D eigenvalue weighted by atomic mass is 32.1. The third kappa shape index (κ3) is 4.73. The number of anilines is 1. The number of nitrogens with one attached hydrogen (secondary N) is 1. The molecular formula is C21H20N6O3S. The first kappa shape index (κ1) is 20.6. The molecule has 0 bridgehead atoms. The van der Waals surface area contributed by atoms with Gasteiger partial charge in [0.1, 0.15) is 5.01 Å². The summed E-state index contributed by atoms with van der Waals surface area (Å²) in [5, 5.41) is 14.5. The lowest BCUT2D eigenvalue weighted by Crippen LogP contribution is -2.45. The van der Waals surface area contributed by atoms with Gasteiger partial charge >= 0.3 is 0 Å². The molecule has 3 aromatic rings. The number of piperidine rings is 1. The third-order valence-corrected chi connectivity index (χ3v) is 5.94. The van der Waals surface area contributed by atoms with Crippen molar-refractivity contribution in [1.29, 1.82) is 5.26 Å². The molecule has 158 valence electrons. The van der Waals surface area contributed by atoms with E-state index in [9.17, 15) is 9.59 Å². The number of rotatable bonds is 5. The van der Waals surface area contributed by atoms with E-state index in [0.29, 0.717) is 31.6 Å². The van der Waals surface area contributed by atoms with Gasteiger partial charge in [-0.15, -0.1) is 11.3 Å². The van der Waals surface area contributed by atoms with E-state index in [2.05, 4.69) is 21.4 Å². The molecule has 0 saturated carbocycles. The van der Waals surface area contributed by atoms with Crippen LogP contribution >= 0.6 is 11.3 Å². The van der Waals surface area contributed by atoms with Gasteiger partial charge in [0.2, 0.25) is 11.7 Å². The molecule has 0 unspecified atom stereocenters. The van der Waals surface area contributed by atoms with Crippen LogP contribution in [0.4, 0.5) is 6.01 Å². The normalized spacial score (nSPS) is 16.0. The fourth-order valence-electron chi connectivity index (χ4n) is 3.47. The minimum Gasteiger partial charge on any atom is -0.418 e. The molecule has 1 fully saturated rings. The van der Waals surface area contributed by atoms with Crippen LogP contribution in [0.2, 0.25) is 0 Å². The molecule has 0 aliphatic carbocycles. The van der Waals surface area contributed by atoms with Gasteiger partial charge in [-0.3, -0.25) is 9.59 Å². The molecule has 2 aromatic heterocycles. The number of likely N-dealkylation sites (tertiary alicyclic amines) is 1. The highest BCUT2D eigenvalue weighted by Gasteiger charge is 2.30. The zero-order valence-electron chi connectivity index (χ0n) is 16.6. The Morgan fingerprint density at radius 1 is 1.35 bits per heavy atom. The minimum atomic E-state index is -0.311. The van der Waals surface area contributed by atoms with Crippen molar-refractivity contribution in [3.8, 4) is 17.3 Å². The molecule has 10 heteroatoms. The Bertz CT molecular complexity index is 1130. The van der Waals surface area contributed by atoms with E-state index in [4.69, 9.17) is 15.4 Å². The molecular weight excluding hydrogens is 416 g/mol. The fourth-order valence-corrected chi connectivity index (χ4v) is 4.21. The Kier molecular flexibility index (Phi) is 5.95. The van der Waals surface area contributed by atoms with Crippen LogP contribution in [0.15, 0.2) is 40.3 Å². The predicted octanol–water partition coefficient (Wildman–Crippen LogP) is 2.42. The van der Waals surface area contributed by atoms with Gasteiger partial charge in [-0.1, -0.05) is 12.1 Å². The summed E-state index contributed by atoms with van der Waals surface area (Å²) in [5.74, 6) is -0.633. The molecule has 1 aliphatic rings. The zero-order chi connectivity index (χ0) is 21.8. The van der Waals surface area contributed by atoms with Crippen molar-refractivity contribution >= 4 is 29.2 Å². The number of benzene rings is 1. The Balaban J connectivity index is 1.33. The molecule has 4 rings (SSSR count). The summed E-state index contributed by atoms with van der Waals surface area (Å²) in [6.45, 7) is 1.20. The quantitative estimate of drug-likeness (QED) is 0.626. The Morgan fingerprint density at radius 2 is 2.16 bits per heavy atom. The van der Waals surface area contributed by atoms with Crippen molar-refractivity contribution in [3.63, 3.8) is 0 Å². The standard InChI is InChI=1S/C21H20N6O3S/c22-8-13-3-5-14(6-4-13)16-12-31-18(26-16)10-24-19(28)15-2-1-7-27(11-15)20(29)17-9-25-21(23)30-17/h3-6,9,12,15H,1-2,7,10-11H2,(H2,23,25)(H,24,28)/t15-/m0/s1. The molecule has 1 aromatic carbocycles. The summed E-state index contributed by atoms with van der Waals surface area (Å²) in [5.41, 5.74) is 7.76. The first-order valence-corrected chi connectivity index (χ1v) is 10.6. The van der Waals surface area contributed by atoms with Gasteiger partial charge in [-0.2, -0.15) is 5.26 Å². The molecule has 2 amide bonds. The van der Waals surface area contributed by atoms with Crippen molar-refractivity contribution in [2.24, 2.45) is 5.92 Å². The van der Waals surface area contributed by atoms with Gasteiger partial charge in [0.25, 0.3) is 11.9 Å². The van der Waals surface area contributed by atoms with Crippen LogP contribution in [0.5, 0.6) is 0 Å². The molecule has 3 heterocycles. The van der Waals surface area contributed by atoms with Crippen molar-refractivity contribution < 1.29 is 14.0 Å². The number of thiazole rings is 1. The van der Waals surface area contributed by atoms with E-state index in [0.717, 1.165) is 22.7 Å². The number of carbonyl (C=O) groups is 2. The zero-order valence-corrected chi connectivity index (χ0v) is 17.4. The molecule has 31 heavy (non-hydrogen) atoms. The summed E-state index contributed by atoms with van der Waals surface area (Å²) in [7, 11) is 0. The Morgan fingerprint density at radius 3 is 2.87 bits per heavy atom. The van der Waals surface area contributed by atoms with E-state index in [1.165, 1.54) is 17.5 Å². The van der Waals surface area contributed by atoms with E-state index >= 15 is 0 Å². The van der Waals surface area contributed by atoms with Gasteiger partial charge in [0.05, 0.1) is 36.0 Å². The topological polar surface area (TPSA) is 138 Å². The number of carbonyl (C=O) groups excluding carboxylic acids is 2. The van der Waals surface area contributed by atoms with Crippen molar-refractivity contribution in [2.45, 2.75) is 19.4 Å². The number of nitrogens with two attached hydrogens (primary N) is 1. The van der Waals surface area contributed by atoms with Crippen LogP contribution in [0.3, 0.4) is 0 Å². The average molecular weight is 436 g/mol. The molecule has 1 aliphatic heterocycles. The first-order chi connectivity index (χ1) is 15.0. The second-order valence-corrected chi connectivity index (χ2v) is 8.13. The maximum atomic E-state index is 12.7. The number of nitrogen functional groups attached to an aromatic ring is 1. The number of amides is 2. The molecule has 0 radical (unpaired) electrons. The average Bonchev–Trinajstić information content (AvgIpc) is 3.46. The van der Waals surface area contributed by atoms with E-state index in [1.54, 1.807) is 17.0 Å². The summed E-state index contributed by atoms with van der Waals surface area (Å²) >= 11 is 1.46. The monoisotopic (exact) mass is 436 g/mol. The number of nitriles is 1. The number of oxazole rings is 1. The van der Waals surface area contributed by atoms with Gasteiger partial charge in [-0.25, -0.2) is 9.97 Å². The maximum Gasteiger partial charge on any atom is 0.292 e. The SMILES string of the molecule is N#Cc1ccc(-c2csc(CNC(=O)[C@H]3CCCN(C(=O)c4cnc(N)o4)C3)n2)cc1. The molecule has 1 atom stereocenters. The van der Waals surface area contributed by atoms with E-state index in [-0.39, 0.29) is 29.5 Å². The Labute approximate surface area is 182 Å². The molecule has 0 spiro atoms. The van der Waals surface area contributed by atoms with Gasteiger partial charge in [0, 0.05) is 24.0 Å². The van der Waals surface area contributed by atoms with Crippen LogP contribution in [0.25, 0.3) is 11.3 Å². The number of hydrogen-bond acceptors (Lipinski definition) is 8. The summed E-state index contributed by atoms with van der Waals surface area (Å²) < 4.78 is 5.10. The second kappa shape index (κ2) is 8.97. The predicted molar refractivity (Wildman–Crippen MR) is 114 cm³/mol. The first-order valence-electron chi connectivity index (χ1n) is 9.76. The lowest BCUT2D eigenvalue weighted by molar-refractivity contribution is -0.126. The number of hydrogen-bond donors (Lipinski definition) is 2. The fraction of sp³-hybridized carbons (Fsp3) is 0.286. The molecule has 9 nitrogen and oxygen atoms in total. The smallest absolute Gasteiger partial charge is 0.292 e. The number of aromatic nitrogens is 2. The van der Waals surface area contributed by atoms with E-state index in [1.807, 2.05) is 17.5 Å². The van der Waals surface area contributed by atoms with Gasteiger partial charge in [0.15, 0.2) is 0 Å². The Hall–Kier alpha value is -3.71. The highest BCUT2D eigenvalue weighted by molar-refractivity contribution is 7.09. The van der Waals surface area contributed by atoms with Crippen molar-refractivity contribution in [2.75, 3.05) is 18.8 Å². The number of nitrogens with zero attached hydrogens (tertiary/aromatic N) is 4. The summed E-state index contributed by atoms with van der Waals surface area (Å²) in [6.07, 6.45) is 2.74. The second-order valence-electron chi connectivity index (χ2n) is 7.19. The van der Waals surface area contributed by atoms with Crippen LogP contribution in [0, 0.1) is 17.2 Å². The van der Waals surface area contributed by atoms with Crippen LogP contribution < -0.4 is 11.1 Å². The van der Waals surface area contributed by atoms with Crippen molar-refractivity contribution in [3.05, 3.63) is 52.2 Å². The van der Waals surface area contributed by atoms with Gasteiger partial charge < -0.3 is 20.4 Å².